The molecular formula is C9H18BO2PS3. The maximum Gasteiger partial charge on any atom is 0.235 e. The second-order valence-electron chi connectivity index (χ2n) is 4.23. The molecule has 0 aliphatic carbocycles. The maximum atomic E-state index is 5.91. The monoisotopic (exact) mass is 296 g/mol. The van der Waals surface area contributed by atoms with Gasteiger partial charge >= 0.3 is 0 Å². The minimum atomic E-state index is -1.08. The van der Waals surface area contributed by atoms with Gasteiger partial charge in [-0.25, -0.2) is 0 Å². The third-order valence-corrected chi connectivity index (χ3v) is 7.52. The molecule has 3 atom stereocenters. The van der Waals surface area contributed by atoms with Crippen molar-refractivity contribution in [2.45, 2.75) is 49.6 Å². The van der Waals surface area contributed by atoms with Gasteiger partial charge in [0.25, 0.3) is 0 Å². The fourth-order valence-corrected chi connectivity index (χ4v) is 6.24. The molecule has 92 valence electrons. The van der Waals surface area contributed by atoms with Gasteiger partial charge in [0.15, 0.2) is 0 Å². The molecule has 1 aliphatic rings. The molecule has 1 heterocycles. The molecule has 2 nitrogen and oxygen atoms in total. The molecule has 16 heavy (non-hydrogen) atoms. The first-order valence-corrected chi connectivity index (χ1v) is 9.85. The minimum Gasteiger partial charge on any atom is -0.326 e. The minimum absolute atomic E-state index is 0.130. The Bertz CT molecular complexity index is 221. The smallest absolute Gasteiger partial charge is 0.235 e. The Morgan fingerprint density at radius 3 is 2.69 bits per heavy atom. The van der Waals surface area contributed by atoms with Crippen molar-refractivity contribution in [2.75, 3.05) is 6.61 Å². The Kier molecular flexibility index (Phi) is 6.94. The number of hydrogen-bond donors (Lipinski definition) is 1. The van der Waals surface area contributed by atoms with E-state index in [9.17, 15) is 0 Å². The molecule has 1 rings (SSSR count). The lowest BCUT2D eigenvalue weighted by Gasteiger charge is -2.28. The van der Waals surface area contributed by atoms with Crippen molar-refractivity contribution in [3.05, 3.63) is 0 Å². The summed E-state index contributed by atoms with van der Waals surface area (Å²) in [5.41, 5.74) is 0. The molecule has 1 saturated heterocycles. The zero-order valence-corrected chi connectivity index (χ0v) is 13.3. The molecule has 0 aromatic rings. The Hall–Kier alpha value is 1.46. The van der Waals surface area contributed by atoms with E-state index in [1.807, 2.05) is 21.6 Å². The third kappa shape index (κ3) is 4.62. The van der Waals surface area contributed by atoms with Crippen LogP contribution in [0.3, 0.4) is 0 Å². The summed E-state index contributed by atoms with van der Waals surface area (Å²) in [4.78, 5) is 0. The van der Waals surface area contributed by atoms with Crippen molar-refractivity contribution in [1.82, 2.24) is 0 Å². The summed E-state index contributed by atoms with van der Waals surface area (Å²) in [6.07, 6.45) is 1.70. The molecule has 7 heteroatoms. The van der Waals surface area contributed by atoms with Crippen molar-refractivity contribution in [2.24, 2.45) is 0 Å². The molecule has 0 saturated carbocycles. The molecule has 0 aromatic carbocycles. The van der Waals surface area contributed by atoms with Crippen LogP contribution in [0.5, 0.6) is 0 Å². The lowest BCUT2D eigenvalue weighted by Crippen LogP contribution is -2.35. The quantitative estimate of drug-likeness (QED) is 0.261. The molecule has 3 unspecified atom stereocenters. The SMILES string of the molecule is [B]CCCOP(S)OC1C(C)SSC1(C)C. The highest BCUT2D eigenvalue weighted by atomic mass is 33.1. The highest BCUT2D eigenvalue weighted by molar-refractivity contribution is 8.77. The summed E-state index contributed by atoms with van der Waals surface area (Å²) < 4.78 is 11.5. The van der Waals surface area contributed by atoms with Crippen LogP contribution in [0.15, 0.2) is 0 Å². The topological polar surface area (TPSA) is 18.5 Å². The molecule has 0 amide bonds. The average Bonchev–Trinajstić information content (AvgIpc) is 2.45. The van der Waals surface area contributed by atoms with Crippen LogP contribution in [0.25, 0.3) is 0 Å². The number of thiol groups is 1. The van der Waals surface area contributed by atoms with Crippen LogP contribution in [0, 0.1) is 0 Å². The normalized spacial score (nSPS) is 30.5. The van der Waals surface area contributed by atoms with Crippen LogP contribution < -0.4 is 0 Å². The molecule has 1 aliphatic heterocycles. The van der Waals surface area contributed by atoms with Gasteiger partial charge in [-0.05, 0) is 27.2 Å². The highest BCUT2D eigenvalue weighted by Crippen LogP contribution is 2.57. The summed E-state index contributed by atoms with van der Waals surface area (Å²) in [5, 5.41) is 0.482. The van der Waals surface area contributed by atoms with Gasteiger partial charge in [0.2, 0.25) is 7.58 Å². The van der Waals surface area contributed by atoms with Gasteiger partial charge in [-0.2, -0.15) is 0 Å². The summed E-state index contributed by atoms with van der Waals surface area (Å²) in [7, 11) is 8.08. The molecule has 1 fully saturated rings. The molecule has 0 aromatic heterocycles. The summed E-state index contributed by atoms with van der Waals surface area (Å²) >= 11 is 4.36. The lowest BCUT2D eigenvalue weighted by molar-refractivity contribution is 0.164. The standard InChI is InChI=1S/C9H18BO2PS3/c1-7-8(9(2,3)16-15-7)12-13(14)11-6-4-5-10/h7-8,14H,4-6H2,1-3H3. The summed E-state index contributed by atoms with van der Waals surface area (Å²) in [6, 6.07) is 0. The molecule has 2 radical (unpaired) electrons. The second-order valence-corrected chi connectivity index (χ2v) is 9.38. The Morgan fingerprint density at radius 1 is 1.50 bits per heavy atom. The fourth-order valence-electron chi connectivity index (χ4n) is 1.43. The van der Waals surface area contributed by atoms with E-state index in [4.69, 9.17) is 16.9 Å². The Balaban J connectivity index is 2.34. The molecule has 0 N–H and O–H groups in total. The highest BCUT2D eigenvalue weighted by Gasteiger charge is 2.43. The Morgan fingerprint density at radius 2 is 2.19 bits per heavy atom. The Labute approximate surface area is 114 Å². The lowest BCUT2D eigenvalue weighted by atomic mass is 10.0. The average molecular weight is 296 g/mol. The first-order valence-electron chi connectivity index (χ1n) is 5.30. The van der Waals surface area contributed by atoms with E-state index < -0.39 is 7.58 Å². The van der Waals surface area contributed by atoms with Crippen LogP contribution >= 0.6 is 41.4 Å². The van der Waals surface area contributed by atoms with Crippen LogP contribution in [0.4, 0.5) is 0 Å². The van der Waals surface area contributed by atoms with E-state index in [1.165, 1.54) is 0 Å². The van der Waals surface area contributed by atoms with Gasteiger partial charge in [0.05, 0.1) is 20.6 Å². The van der Waals surface area contributed by atoms with Gasteiger partial charge in [-0.3, -0.25) is 0 Å². The van der Waals surface area contributed by atoms with E-state index >= 15 is 0 Å². The van der Waals surface area contributed by atoms with Crippen molar-refractivity contribution in [3.63, 3.8) is 0 Å². The van der Waals surface area contributed by atoms with Crippen LogP contribution in [0.1, 0.15) is 27.2 Å². The van der Waals surface area contributed by atoms with Crippen LogP contribution in [-0.2, 0) is 9.05 Å². The van der Waals surface area contributed by atoms with Gasteiger partial charge in [0, 0.05) is 10.00 Å². The summed E-state index contributed by atoms with van der Waals surface area (Å²) in [5.74, 6) is 0. The number of rotatable bonds is 6. The predicted molar refractivity (Wildman–Crippen MR) is 80.6 cm³/mol. The van der Waals surface area contributed by atoms with Crippen molar-refractivity contribution < 1.29 is 9.05 Å². The van der Waals surface area contributed by atoms with Crippen LogP contribution in [0.2, 0.25) is 6.32 Å². The predicted octanol–water partition coefficient (Wildman–Crippen LogP) is 4.08. The maximum absolute atomic E-state index is 5.91. The first-order chi connectivity index (χ1) is 7.47. The fraction of sp³-hybridized carbons (Fsp3) is 1.00. The van der Waals surface area contributed by atoms with E-state index in [-0.39, 0.29) is 10.9 Å². The van der Waals surface area contributed by atoms with Gasteiger partial charge in [-0.15, -0.1) is 0 Å². The first kappa shape index (κ1) is 15.5. The van der Waals surface area contributed by atoms with E-state index in [0.29, 0.717) is 18.2 Å². The van der Waals surface area contributed by atoms with E-state index in [1.54, 1.807) is 0 Å². The van der Waals surface area contributed by atoms with E-state index in [0.717, 1.165) is 6.42 Å². The van der Waals surface area contributed by atoms with Crippen molar-refractivity contribution >= 4 is 49.3 Å². The zero-order valence-electron chi connectivity index (χ0n) is 9.88. The molecule has 0 spiro atoms. The van der Waals surface area contributed by atoms with Crippen molar-refractivity contribution in [3.8, 4) is 0 Å². The summed E-state index contributed by atoms with van der Waals surface area (Å²) in [6.45, 7) is 7.23. The third-order valence-electron chi connectivity index (χ3n) is 2.28. The van der Waals surface area contributed by atoms with Gasteiger partial charge < -0.3 is 9.05 Å². The van der Waals surface area contributed by atoms with Gasteiger partial charge in [0.1, 0.15) is 0 Å². The second kappa shape index (κ2) is 7.15. The van der Waals surface area contributed by atoms with E-state index in [2.05, 4.69) is 33.0 Å². The van der Waals surface area contributed by atoms with Crippen LogP contribution in [-0.4, -0.2) is 30.6 Å². The largest absolute Gasteiger partial charge is 0.326 e. The van der Waals surface area contributed by atoms with Crippen molar-refractivity contribution in [1.29, 1.82) is 0 Å². The molecule has 0 bridgehead atoms. The molecular weight excluding hydrogens is 278 g/mol. The van der Waals surface area contributed by atoms with Gasteiger partial charge in [-0.1, -0.05) is 40.2 Å². The zero-order chi connectivity index (χ0) is 12.2. The number of hydrogen-bond acceptors (Lipinski definition) is 5.